The molecule has 1 atom stereocenters. The molecule has 1 saturated heterocycles. The van der Waals surface area contributed by atoms with Crippen molar-refractivity contribution in [2.24, 2.45) is 5.73 Å². The van der Waals surface area contributed by atoms with E-state index in [0.29, 0.717) is 24.5 Å². The quantitative estimate of drug-likeness (QED) is 0.911. The largest absolute Gasteiger partial charge is 0.368 e. The molecule has 132 valence electrons. The van der Waals surface area contributed by atoms with Crippen LogP contribution in [0.25, 0.3) is 0 Å². The SMILES string of the molecule is NC(Cc1ccc(F)cc1)C(=O)N1CCN(c2cccc(Cl)c2)CC1. The van der Waals surface area contributed by atoms with Gasteiger partial charge in [0.05, 0.1) is 6.04 Å². The molecule has 25 heavy (non-hydrogen) atoms. The highest BCUT2D eigenvalue weighted by Crippen LogP contribution is 2.21. The van der Waals surface area contributed by atoms with Crippen molar-refractivity contribution in [3.05, 3.63) is 64.9 Å². The zero-order valence-electron chi connectivity index (χ0n) is 13.9. The summed E-state index contributed by atoms with van der Waals surface area (Å²) in [5.41, 5.74) is 7.99. The standard InChI is InChI=1S/C19H21ClFN3O/c20-15-2-1-3-17(13-15)23-8-10-24(11-9-23)19(25)18(22)12-14-4-6-16(21)7-5-14/h1-7,13,18H,8-12,22H2. The highest BCUT2D eigenvalue weighted by molar-refractivity contribution is 6.30. The van der Waals surface area contributed by atoms with Crippen molar-refractivity contribution in [3.63, 3.8) is 0 Å². The minimum atomic E-state index is -0.608. The summed E-state index contributed by atoms with van der Waals surface area (Å²) >= 11 is 6.04. The molecular weight excluding hydrogens is 341 g/mol. The summed E-state index contributed by atoms with van der Waals surface area (Å²) in [6.45, 7) is 2.75. The summed E-state index contributed by atoms with van der Waals surface area (Å²) in [7, 11) is 0. The number of nitrogens with zero attached hydrogens (tertiary/aromatic N) is 2. The molecule has 1 fully saturated rings. The van der Waals surface area contributed by atoms with Gasteiger partial charge in [-0.1, -0.05) is 29.8 Å². The average molecular weight is 362 g/mol. The lowest BCUT2D eigenvalue weighted by atomic mass is 10.1. The van der Waals surface area contributed by atoms with Crippen LogP contribution in [0, 0.1) is 5.82 Å². The molecule has 1 heterocycles. The van der Waals surface area contributed by atoms with E-state index in [4.69, 9.17) is 17.3 Å². The van der Waals surface area contributed by atoms with Crippen molar-refractivity contribution in [1.82, 2.24) is 4.90 Å². The van der Waals surface area contributed by atoms with Gasteiger partial charge in [0.2, 0.25) is 5.91 Å². The first kappa shape index (κ1) is 17.7. The van der Waals surface area contributed by atoms with Crippen molar-refractivity contribution in [2.45, 2.75) is 12.5 Å². The third-order valence-electron chi connectivity index (χ3n) is 4.45. The van der Waals surface area contributed by atoms with E-state index in [-0.39, 0.29) is 11.7 Å². The van der Waals surface area contributed by atoms with Crippen molar-refractivity contribution in [1.29, 1.82) is 0 Å². The van der Waals surface area contributed by atoms with Crippen LogP contribution in [0.15, 0.2) is 48.5 Å². The first-order chi connectivity index (χ1) is 12.0. The van der Waals surface area contributed by atoms with E-state index in [1.165, 1.54) is 12.1 Å². The monoisotopic (exact) mass is 361 g/mol. The van der Waals surface area contributed by atoms with Gasteiger partial charge < -0.3 is 15.5 Å². The molecule has 0 saturated carbocycles. The molecule has 2 aromatic carbocycles. The maximum Gasteiger partial charge on any atom is 0.239 e. The lowest BCUT2D eigenvalue weighted by molar-refractivity contribution is -0.132. The van der Waals surface area contributed by atoms with Crippen LogP contribution in [0.3, 0.4) is 0 Å². The number of hydrogen-bond acceptors (Lipinski definition) is 3. The van der Waals surface area contributed by atoms with E-state index in [1.54, 1.807) is 17.0 Å². The molecule has 1 aliphatic heterocycles. The summed E-state index contributed by atoms with van der Waals surface area (Å²) in [5.74, 6) is -0.351. The second kappa shape index (κ2) is 7.85. The third-order valence-corrected chi connectivity index (χ3v) is 4.69. The number of carbonyl (C=O) groups excluding carboxylic acids is 1. The molecular formula is C19H21ClFN3O. The Balaban J connectivity index is 1.54. The highest BCUT2D eigenvalue weighted by Gasteiger charge is 2.25. The number of carbonyl (C=O) groups is 1. The van der Waals surface area contributed by atoms with Crippen LogP contribution in [-0.2, 0) is 11.2 Å². The van der Waals surface area contributed by atoms with Crippen molar-refractivity contribution in [3.8, 4) is 0 Å². The Morgan fingerprint density at radius 2 is 1.80 bits per heavy atom. The Kier molecular flexibility index (Phi) is 5.56. The van der Waals surface area contributed by atoms with Gasteiger partial charge >= 0.3 is 0 Å². The Morgan fingerprint density at radius 1 is 1.12 bits per heavy atom. The second-order valence-electron chi connectivity index (χ2n) is 6.23. The van der Waals surface area contributed by atoms with E-state index in [9.17, 15) is 9.18 Å². The van der Waals surface area contributed by atoms with Gasteiger partial charge in [-0.15, -0.1) is 0 Å². The molecule has 2 aromatic rings. The van der Waals surface area contributed by atoms with Crippen molar-refractivity contribution in [2.75, 3.05) is 31.1 Å². The summed E-state index contributed by atoms with van der Waals surface area (Å²) < 4.78 is 13.0. The molecule has 2 N–H and O–H groups in total. The first-order valence-electron chi connectivity index (χ1n) is 8.32. The number of anilines is 1. The highest BCUT2D eigenvalue weighted by atomic mass is 35.5. The van der Waals surface area contributed by atoms with E-state index >= 15 is 0 Å². The van der Waals surface area contributed by atoms with Crippen LogP contribution in [0.5, 0.6) is 0 Å². The fourth-order valence-corrected chi connectivity index (χ4v) is 3.24. The Bertz CT molecular complexity index is 730. The van der Waals surface area contributed by atoms with Crippen LogP contribution in [0.2, 0.25) is 5.02 Å². The Morgan fingerprint density at radius 3 is 2.44 bits per heavy atom. The maximum atomic E-state index is 13.0. The molecule has 1 amide bonds. The van der Waals surface area contributed by atoms with Crippen LogP contribution in [0.4, 0.5) is 10.1 Å². The number of rotatable bonds is 4. The van der Waals surface area contributed by atoms with E-state index in [2.05, 4.69) is 4.90 Å². The van der Waals surface area contributed by atoms with Gasteiger partial charge in [0.25, 0.3) is 0 Å². The maximum absolute atomic E-state index is 13.0. The smallest absolute Gasteiger partial charge is 0.239 e. The van der Waals surface area contributed by atoms with Crippen LogP contribution >= 0.6 is 11.6 Å². The van der Waals surface area contributed by atoms with E-state index in [1.807, 2.05) is 24.3 Å². The van der Waals surface area contributed by atoms with Crippen LogP contribution in [-0.4, -0.2) is 43.0 Å². The third kappa shape index (κ3) is 4.50. The first-order valence-corrected chi connectivity index (χ1v) is 8.70. The van der Waals surface area contributed by atoms with Gasteiger partial charge in [-0.25, -0.2) is 4.39 Å². The molecule has 1 unspecified atom stereocenters. The van der Waals surface area contributed by atoms with Gasteiger partial charge in [0.1, 0.15) is 5.82 Å². The predicted octanol–water partition coefficient (Wildman–Crippen LogP) is 2.70. The zero-order valence-corrected chi connectivity index (χ0v) is 14.6. The molecule has 3 rings (SSSR count). The van der Waals surface area contributed by atoms with Gasteiger partial charge in [-0.05, 0) is 42.3 Å². The molecule has 6 heteroatoms. The summed E-state index contributed by atoms with van der Waals surface area (Å²) in [4.78, 5) is 16.6. The second-order valence-corrected chi connectivity index (χ2v) is 6.67. The van der Waals surface area contributed by atoms with E-state index < -0.39 is 6.04 Å². The van der Waals surface area contributed by atoms with Gasteiger partial charge in [-0.3, -0.25) is 4.79 Å². The van der Waals surface area contributed by atoms with Gasteiger partial charge in [0.15, 0.2) is 0 Å². The average Bonchev–Trinajstić information content (AvgIpc) is 2.63. The number of amides is 1. The molecule has 0 spiro atoms. The summed E-state index contributed by atoms with van der Waals surface area (Å²) in [6, 6.07) is 13.2. The Hall–Kier alpha value is -2.11. The number of hydrogen-bond donors (Lipinski definition) is 1. The predicted molar refractivity (Wildman–Crippen MR) is 98.3 cm³/mol. The number of nitrogens with two attached hydrogens (primary N) is 1. The molecule has 0 aliphatic carbocycles. The lowest BCUT2D eigenvalue weighted by Crippen LogP contribution is -2.53. The fourth-order valence-electron chi connectivity index (χ4n) is 3.05. The van der Waals surface area contributed by atoms with Crippen LogP contribution in [0.1, 0.15) is 5.56 Å². The van der Waals surface area contributed by atoms with Crippen molar-refractivity contribution < 1.29 is 9.18 Å². The number of benzene rings is 2. The van der Waals surface area contributed by atoms with E-state index in [0.717, 1.165) is 24.3 Å². The van der Waals surface area contributed by atoms with Crippen molar-refractivity contribution >= 4 is 23.2 Å². The fraction of sp³-hybridized carbons (Fsp3) is 0.316. The van der Waals surface area contributed by atoms with Crippen LogP contribution < -0.4 is 10.6 Å². The minimum absolute atomic E-state index is 0.0601. The van der Waals surface area contributed by atoms with Gasteiger partial charge in [0, 0.05) is 36.9 Å². The minimum Gasteiger partial charge on any atom is -0.368 e. The topological polar surface area (TPSA) is 49.6 Å². The normalized spacial score (nSPS) is 16.0. The molecule has 1 aliphatic rings. The summed E-state index contributed by atoms with van der Waals surface area (Å²) in [5, 5.41) is 0.706. The van der Waals surface area contributed by atoms with Gasteiger partial charge in [-0.2, -0.15) is 0 Å². The molecule has 4 nitrogen and oxygen atoms in total. The number of piperazine rings is 1. The summed E-state index contributed by atoms with van der Waals surface area (Å²) in [6.07, 6.45) is 0.410. The lowest BCUT2D eigenvalue weighted by Gasteiger charge is -2.37. The Labute approximate surface area is 152 Å². The molecule has 0 aromatic heterocycles. The molecule has 0 radical (unpaired) electrons. The molecule has 0 bridgehead atoms. The zero-order chi connectivity index (χ0) is 17.8. The number of halogens is 2.